The minimum atomic E-state index is 0.865. The third kappa shape index (κ3) is 5.94. The lowest BCUT2D eigenvalue weighted by atomic mass is 9.83. The molecule has 0 radical (unpaired) electrons. The van der Waals surface area contributed by atoms with Crippen LogP contribution in [0.25, 0.3) is 164 Å². The van der Waals surface area contributed by atoms with Crippen LogP contribution < -0.4 is 0 Å². The van der Waals surface area contributed by atoms with Crippen molar-refractivity contribution in [2.24, 2.45) is 0 Å². The molecule has 0 atom stereocenters. The van der Waals surface area contributed by atoms with E-state index in [2.05, 4.69) is 255 Å². The van der Waals surface area contributed by atoms with Gasteiger partial charge in [-0.15, -0.1) is 0 Å². The van der Waals surface area contributed by atoms with E-state index in [-0.39, 0.29) is 0 Å². The first-order chi connectivity index (χ1) is 36.7. The van der Waals surface area contributed by atoms with Gasteiger partial charge in [-0.05, 0) is 128 Å². The topological polar surface area (TPSA) is 26.3 Å². The predicted octanol–water partition coefficient (Wildman–Crippen LogP) is 20.7. The summed E-state index contributed by atoms with van der Waals surface area (Å²) >= 11 is 0. The molecule has 16 aromatic rings. The summed E-state index contributed by atoms with van der Waals surface area (Å²) in [6.45, 7) is 0. The standard InChI is InChI=1S/C72H42O2/c1-3-19-43(20-4-1)66-50-26-9-12-29-53(50)68(54-30-13-10-27-51(54)66)59-35-18-34-57-61-39-46-24-17-33-48(60(46)42-65(61)74-71(57)59)47-37-38-56-62(40-47)69(55-31-14-11-28-52(55)67(56)44-21-5-2-6-22-44)63-41-45-23-7-8-25-49(45)70-58-32-15-16-36-64(58)73-72(63)70/h1-42H. The van der Waals surface area contributed by atoms with Crippen LogP contribution in [0.1, 0.15) is 0 Å². The van der Waals surface area contributed by atoms with E-state index < -0.39 is 0 Å². The molecule has 0 saturated carbocycles. The quantitative estimate of drug-likeness (QED) is 0.161. The second kappa shape index (κ2) is 15.9. The summed E-state index contributed by atoms with van der Waals surface area (Å²) in [4.78, 5) is 0. The van der Waals surface area contributed by atoms with Crippen molar-refractivity contribution in [2.45, 2.75) is 0 Å². The summed E-state index contributed by atoms with van der Waals surface area (Å²) in [5.41, 5.74) is 15.2. The molecule has 342 valence electrons. The van der Waals surface area contributed by atoms with Crippen molar-refractivity contribution in [3.8, 4) is 55.6 Å². The summed E-state index contributed by atoms with van der Waals surface area (Å²) in [7, 11) is 0. The van der Waals surface area contributed by atoms with Crippen LogP contribution in [-0.4, -0.2) is 0 Å². The minimum Gasteiger partial charge on any atom is -0.455 e. The number of benzene rings is 14. The minimum absolute atomic E-state index is 0.865. The van der Waals surface area contributed by atoms with Gasteiger partial charge in [-0.2, -0.15) is 0 Å². The van der Waals surface area contributed by atoms with Crippen LogP contribution in [0.5, 0.6) is 0 Å². The maximum absolute atomic E-state index is 7.20. The van der Waals surface area contributed by atoms with Gasteiger partial charge in [0, 0.05) is 43.8 Å². The lowest BCUT2D eigenvalue weighted by molar-refractivity contribution is 0.670. The average molecular weight is 939 g/mol. The maximum atomic E-state index is 7.20. The van der Waals surface area contributed by atoms with Crippen LogP contribution in [0.2, 0.25) is 0 Å². The van der Waals surface area contributed by atoms with Gasteiger partial charge in [0.25, 0.3) is 0 Å². The molecular formula is C72H42O2. The first kappa shape index (κ1) is 40.9. The van der Waals surface area contributed by atoms with Crippen molar-refractivity contribution in [1.29, 1.82) is 0 Å². The third-order valence-electron chi connectivity index (χ3n) is 15.8. The fourth-order valence-electron chi connectivity index (χ4n) is 12.7. The van der Waals surface area contributed by atoms with Crippen molar-refractivity contribution in [1.82, 2.24) is 0 Å². The van der Waals surface area contributed by atoms with Crippen LogP contribution >= 0.6 is 0 Å². The van der Waals surface area contributed by atoms with Gasteiger partial charge in [-0.1, -0.05) is 224 Å². The lowest BCUT2D eigenvalue weighted by Crippen LogP contribution is -1.93. The second-order valence-corrected chi connectivity index (χ2v) is 19.7. The van der Waals surface area contributed by atoms with Gasteiger partial charge in [-0.25, -0.2) is 0 Å². The Labute approximate surface area is 425 Å². The Balaban J connectivity index is 0.952. The molecular weight excluding hydrogens is 897 g/mol. The SMILES string of the molecule is c1ccc(-c2c3ccccc3c(-c3cccc4c3oc3cc5c(-c6ccc7c(-c8ccccc8)c8ccccc8c(-c8cc9ccccc9c9c8oc8ccccc89)c7c6)cccc5cc34)c3ccccc23)cc1. The van der Waals surface area contributed by atoms with E-state index in [0.717, 1.165) is 82.5 Å². The highest BCUT2D eigenvalue weighted by molar-refractivity contribution is 6.29. The first-order valence-electron chi connectivity index (χ1n) is 25.5. The Morgan fingerprint density at radius 2 is 0.676 bits per heavy atom. The Hall–Kier alpha value is -9.76. The summed E-state index contributed by atoms with van der Waals surface area (Å²) in [6, 6.07) is 92.9. The second-order valence-electron chi connectivity index (χ2n) is 19.7. The molecule has 0 aliphatic heterocycles. The van der Waals surface area contributed by atoms with Crippen molar-refractivity contribution in [2.75, 3.05) is 0 Å². The molecule has 2 nitrogen and oxygen atoms in total. The molecule has 0 saturated heterocycles. The monoisotopic (exact) mass is 938 g/mol. The van der Waals surface area contributed by atoms with E-state index in [0.29, 0.717) is 0 Å². The molecule has 74 heavy (non-hydrogen) atoms. The highest BCUT2D eigenvalue weighted by Crippen LogP contribution is 2.51. The van der Waals surface area contributed by atoms with Crippen molar-refractivity contribution in [3.63, 3.8) is 0 Å². The molecule has 0 spiro atoms. The molecule has 16 rings (SSSR count). The number of hydrogen-bond donors (Lipinski definition) is 0. The normalized spacial score (nSPS) is 12.1. The molecule has 0 aliphatic rings. The van der Waals surface area contributed by atoms with E-state index in [9.17, 15) is 0 Å². The molecule has 2 heterocycles. The summed E-state index contributed by atoms with van der Waals surface area (Å²) in [5.74, 6) is 0. The van der Waals surface area contributed by atoms with Gasteiger partial charge < -0.3 is 8.83 Å². The lowest BCUT2D eigenvalue weighted by Gasteiger charge is -2.19. The highest BCUT2D eigenvalue weighted by Gasteiger charge is 2.24. The summed E-state index contributed by atoms with van der Waals surface area (Å²) in [5, 5.41) is 18.7. The molecule has 0 unspecified atom stereocenters. The smallest absolute Gasteiger partial charge is 0.143 e. The van der Waals surface area contributed by atoms with Gasteiger partial charge in [0.2, 0.25) is 0 Å². The molecule has 2 aromatic heterocycles. The van der Waals surface area contributed by atoms with Gasteiger partial charge in [0.1, 0.15) is 22.3 Å². The number of furan rings is 2. The predicted molar refractivity (Wildman–Crippen MR) is 313 cm³/mol. The number of para-hydroxylation sites is 2. The van der Waals surface area contributed by atoms with E-state index in [1.165, 1.54) is 81.7 Å². The zero-order chi connectivity index (χ0) is 48.4. The van der Waals surface area contributed by atoms with Gasteiger partial charge in [-0.3, -0.25) is 0 Å². The molecule has 2 heteroatoms. The number of rotatable bonds is 5. The van der Waals surface area contributed by atoms with Gasteiger partial charge in [0.05, 0.1) is 0 Å². The molecule has 0 bridgehead atoms. The zero-order valence-electron chi connectivity index (χ0n) is 40.1. The van der Waals surface area contributed by atoms with Crippen LogP contribution in [0.4, 0.5) is 0 Å². The van der Waals surface area contributed by atoms with Crippen molar-refractivity contribution >= 4 is 109 Å². The zero-order valence-corrected chi connectivity index (χ0v) is 40.1. The molecule has 14 aromatic carbocycles. The molecule has 0 fully saturated rings. The average Bonchev–Trinajstić information content (AvgIpc) is 4.05. The summed E-state index contributed by atoms with van der Waals surface area (Å²) < 4.78 is 14.2. The van der Waals surface area contributed by atoms with Gasteiger partial charge in [0.15, 0.2) is 0 Å². The number of fused-ring (bicyclic) bond motifs is 13. The van der Waals surface area contributed by atoms with E-state index >= 15 is 0 Å². The van der Waals surface area contributed by atoms with Gasteiger partial charge >= 0.3 is 0 Å². The molecule has 0 amide bonds. The highest BCUT2D eigenvalue weighted by atomic mass is 16.3. The molecule has 0 N–H and O–H groups in total. The Morgan fingerprint density at radius 3 is 1.34 bits per heavy atom. The van der Waals surface area contributed by atoms with Crippen molar-refractivity contribution < 1.29 is 8.83 Å². The fourth-order valence-corrected chi connectivity index (χ4v) is 12.7. The Bertz CT molecular complexity index is 4940. The molecule has 0 aliphatic carbocycles. The van der Waals surface area contributed by atoms with E-state index in [4.69, 9.17) is 8.83 Å². The van der Waals surface area contributed by atoms with Crippen molar-refractivity contribution in [3.05, 3.63) is 255 Å². The van der Waals surface area contributed by atoms with Crippen LogP contribution in [0, 0.1) is 0 Å². The van der Waals surface area contributed by atoms with E-state index in [1.54, 1.807) is 0 Å². The van der Waals surface area contributed by atoms with E-state index in [1.807, 2.05) is 0 Å². The van der Waals surface area contributed by atoms with Crippen LogP contribution in [-0.2, 0) is 0 Å². The largest absolute Gasteiger partial charge is 0.455 e. The Morgan fingerprint density at radius 1 is 0.203 bits per heavy atom. The van der Waals surface area contributed by atoms with Crippen LogP contribution in [0.15, 0.2) is 264 Å². The number of hydrogen-bond acceptors (Lipinski definition) is 2. The Kier molecular flexibility index (Phi) is 8.78. The maximum Gasteiger partial charge on any atom is 0.143 e. The fraction of sp³-hybridized carbons (Fsp3) is 0. The summed E-state index contributed by atoms with van der Waals surface area (Å²) in [6.07, 6.45) is 0. The first-order valence-corrected chi connectivity index (χ1v) is 25.5. The van der Waals surface area contributed by atoms with Crippen LogP contribution in [0.3, 0.4) is 0 Å². The third-order valence-corrected chi connectivity index (χ3v) is 15.8.